The van der Waals surface area contributed by atoms with E-state index in [4.69, 9.17) is 13.3 Å². The summed E-state index contributed by atoms with van der Waals surface area (Å²) in [6.45, 7) is -0.734. The number of aliphatic hydroxyl groups is 1. The van der Waals surface area contributed by atoms with Crippen molar-refractivity contribution in [3.05, 3.63) is 24.3 Å². The molecular weight excluding hydrogens is 265 g/mol. The van der Waals surface area contributed by atoms with Gasteiger partial charge in [0.1, 0.15) is 0 Å². The third kappa shape index (κ3) is 3.21. The first kappa shape index (κ1) is 12.0. The minimum atomic E-state index is -5.04. The third-order valence-electron chi connectivity index (χ3n) is 1.64. The summed E-state index contributed by atoms with van der Waals surface area (Å²) in [7, 11) is 0. The number of benzene rings is 1. The predicted octanol–water partition coefficient (Wildman–Crippen LogP) is -1.82. The molecule has 0 spiro atoms. The fourth-order valence-electron chi connectivity index (χ4n) is 1.02. The van der Waals surface area contributed by atoms with E-state index in [0.717, 1.165) is 0 Å². The first-order valence-corrected chi connectivity index (χ1v) is 7.39. The van der Waals surface area contributed by atoms with Gasteiger partial charge in [0.15, 0.2) is 0 Å². The quantitative estimate of drug-likeness (QED) is 0.486. The number of rotatable bonds is 3. The van der Waals surface area contributed by atoms with Crippen LogP contribution in [0.15, 0.2) is 24.3 Å². The van der Waals surface area contributed by atoms with Crippen LogP contribution in [0.4, 0.5) is 5.69 Å². The Morgan fingerprint density at radius 1 is 1.33 bits per heavy atom. The van der Waals surface area contributed by atoms with Gasteiger partial charge in [0, 0.05) is 0 Å². The normalized spacial score (nSPS) is 11.1. The van der Waals surface area contributed by atoms with E-state index in [1.165, 1.54) is 24.3 Å². The van der Waals surface area contributed by atoms with Crippen LogP contribution in [-0.4, -0.2) is 40.0 Å². The molecule has 0 aromatic heterocycles. The number of amides is 1. The molecule has 1 rings (SSSR count). The number of carbonyl (C=O) groups is 1. The molecule has 0 unspecified atom stereocenters. The van der Waals surface area contributed by atoms with Gasteiger partial charge in [-0.2, -0.15) is 0 Å². The molecule has 1 aromatic rings. The topological polar surface area (TPSA) is 107 Å². The Kier molecular flexibility index (Phi) is 3.71. The summed E-state index contributed by atoms with van der Waals surface area (Å²) in [5.74, 6) is -0.716. The summed E-state index contributed by atoms with van der Waals surface area (Å²) < 4.78 is 28.9. The van der Waals surface area contributed by atoms with Gasteiger partial charge in [-0.15, -0.1) is 0 Å². The van der Waals surface area contributed by atoms with Crippen molar-refractivity contribution in [3.63, 3.8) is 0 Å². The molecule has 0 aliphatic heterocycles. The molecule has 0 saturated heterocycles. The molecule has 0 saturated carbocycles. The molecule has 4 N–H and O–H groups in total. The maximum absolute atomic E-state index is 11.1. The van der Waals surface area contributed by atoms with Gasteiger partial charge in [0.2, 0.25) is 0 Å². The fourth-order valence-corrected chi connectivity index (χ4v) is 2.54. The molecule has 0 atom stereocenters. The van der Waals surface area contributed by atoms with Crippen molar-refractivity contribution in [2.75, 3.05) is 11.9 Å². The number of nitrogens with one attached hydrogen (secondary N) is 1. The number of para-hydroxylation sites is 1. The molecule has 7 heteroatoms. The average Bonchev–Trinajstić information content (AvgIpc) is 2.17. The van der Waals surface area contributed by atoms with Gasteiger partial charge in [-0.3, -0.25) is 0 Å². The van der Waals surface area contributed by atoms with Crippen molar-refractivity contribution in [1.29, 1.82) is 0 Å². The zero-order valence-electron chi connectivity index (χ0n) is 7.62. The molecule has 0 aliphatic rings. The summed E-state index contributed by atoms with van der Waals surface area (Å²) in [6, 6.07) is 5.60. The fraction of sp³-hybridized carbons (Fsp3) is 0.125. The summed E-state index contributed by atoms with van der Waals surface area (Å²) in [4.78, 5) is 10.9. The van der Waals surface area contributed by atoms with Gasteiger partial charge < -0.3 is 0 Å². The molecule has 1 amide bonds. The number of carbonyl (C=O) groups excluding carboxylic acids is 1. The molecule has 0 fully saturated rings. The van der Waals surface area contributed by atoms with Crippen LogP contribution in [0.5, 0.6) is 0 Å². The van der Waals surface area contributed by atoms with Gasteiger partial charge in [-0.05, 0) is 0 Å². The van der Waals surface area contributed by atoms with Crippen LogP contribution in [-0.2, 0) is 8.53 Å². The second-order valence-electron chi connectivity index (χ2n) is 2.77. The number of anilines is 1. The number of aliphatic hydroxyl groups excluding tert-OH is 1. The molecule has 82 valence electrons. The van der Waals surface area contributed by atoms with Crippen LogP contribution >= 0.6 is 0 Å². The summed E-state index contributed by atoms with van der Waals surface area (Å²) in [6.07, 6.45) is 0. The molecule has 1 aromatic carbocycles. The van der Waals surface area contributed by atoms with E-state index in [-0.39, 0.29) is 10.0 Å². The Bertz CT molecular complexity index is 413. The van der Waals surface area contributed by atoms with Gasteiger partial charge in [0.05, 0.1) is 0 Å². The van der Waals surface area contributed by atoms with Gasteiger partial charge in [-0.25, -0.2) is 0 Å². The predicted molar refractivity (Wildman–Crippen MR) is 52.7 cm³/mol. The first-order chi connectivity index (χ1) is 6.95. The van der Waals surface area contributed by atoms with Crippen molar-refractivity contribution in [1.82, 2.24) is 0 Å². The van der Waals surface area contributed by atoms with Gasteiger partial charge in [-0.1, -0.05) is 0 Å². The van der Waals surface area contributed by atoms with E-state index in [2.05, 4.69) is 5.32 Å². The zero-order valence-corrected chi connectivity index (χ0v) is 9.50. The van der Waals surface area contributed by atoms with Gasteiger partial charge >= 0.3 is 88.1 Å². The van der Waals surface area contributed by atoms with Crippen molar-refractivity contribution in [2.45, 2.75) is 0 Å². The van der Waals surface area contributed by atoms with E-state index in [9.17, 15) is 8.53 Å². The Balaban J connectivity index is 3.08. The van der Waals surface area contributed by atoms with Crippen LogP contribution < -0.4 is 9.67 Å². The van der Waals surface area contributed by atoms with E-state index in [0.29, 0.717) is 0 Å². The molecule has 6 nitrogen and oxygen atoms in total. The van der Waals surface area contributed by atoms with Crippen LogP contribution in [0, 0.1) is 0 Å². The summed E-state index contributed by atoms with van der Waals surface area (Å²) in [5, 5.41) is 10.7. The Labute approximate surface area is 88.6 Å². The molecule has 0 heterocycles. The minimum absolute atomic E-state index is 0.0315. The third-order valence-corrected chi connectivity index (χ3v) is 3.77. The Morgan fingerprint density at radius 3 is 2.47 bits per heavy atom. The summed E-state index contributed by atoms with van der Waals surface area (Å²) in [5.41, 5.74) is 0.0315. The van der Waals surface area contributed by atoms with Crippen LogP contribution in [0.1, 0.15) is 0 Å². The van der Waals surface area contributed by atoms with E-state index < -0.39 is 26.7 Å². The van der Waals surface area contributed by atoms with Crippen LogP contribution in [0.2, 0.25) is 0 Å². The van der Waals surface area contributed by atoms with Crippen molar-refractivity contribution < 1.29 is 21.8 Å². The Morgan fingerprint density at radius 2 is 1.93 bits per heavy atom. The monoisotopic (exact) mass is 275 g/mol. The summed E-state index contributed by atoms with van der Waals surface area (Å²) >= 11 is -5.04. The number of hydrogen-bond acceptors (Lipinski definition) is 3. The first-order valence-electron chi connectivity index (χ1n) is 4.01. The second-order valence-corrected chi connectivity index (χ2v) is 6.06. The second kappa shape index (κ2) is 4.63. The van der Waals surface area contributed by atoms with Crippen molar-refractivity contribution in [2.24, 2.45) is 0 Å². The molecule has 0 aliphatic carbocycles. The van der Waals surface area contributed by atoms with Crippen LogP contribution in [0.3, 0.4) is 0 Å². The van der Waals surface area contributed by atoms with Crippen LogP contribution in [0.25, 0.3) is 0 Å². The standard InChI is InChI=1S/C8H10AsNO5/c11-5-8(12)10-7-4-2-1-3-6(7)9(13,14)15/h1-4,11H,5H2,(H,10,12)(H2,13,14,15). The van der Waals surface area contributed by atoms with Crippen molar-refractivity contribution in [3.8, 4) is 0 Å². The maximum atomic E-state index is 11.1. The van der Waals surface area contributed by atoms with E-state index in [1.807, 2.05) is 0 Å². The SMILES string of the molecule is O=C(CO)Nc1ccccc1[As](=O)(O)O. The molecule has 0 radical (unpaired) electrons. The molecule has 15 heavy (non-hydrogen) atoms. The van der Waals surface area contributed by atoms with E-state index in [1.54, 1.807) is 0 Å². The number of hydrogen-bond donors (Lipinski definition) is 4. The van der Waals surface area contributed by atoms with Crippen molar-refractivity contribution >= 4 is 30.1 Å². The average molecular weight is 275 g/mol. The molecule has 0 bridgehead atoms. The van der Waals surface area contributed by atoms with E-state index >= 15 is 0 Å². The Hall–Kier alpha value is -1.07. The molecular formula is C8H10AsNO5. The zero-order chi connectivity index (χ0) is 11.5. The van der Waals surface area contributed by atoms with Gasteiger partial charge in [0.25, 0.3) is 0 Å².